The Kier molecular flexibility index (Phi) is 3.51. The first-order chi connectivity index (χ1) is 11.5. The average Bonchev–Trinajstić information content (AvgIpc) is 3.26. The van der Waals surface area contributed by atoms with Crippen molar-refractivity contribution in [2.45, 2.75) is 38.6 Å². The van der Waals surface area contributed by atoms with Crippen molar-refractivity contribution >= 4 is 11.7 Å². The van der Waals surface area contributed by atoms with Crippen LogP contribution in [0.5, 0.6) is 0 Å². The lowest BCUT2D eigenvalue weighted by Crippen LogP contribution is -2.60. The number of hydrogen-bond donors (Lipinski definition) is 1. The summed E-state index contributed by atoms with van der Waals surface area (Å²) in [4.78, 5) is 23.7. The van der Waals surface area contributed by atoms with E-state index in [4.69, 9.17) is 4.98 Å². The van der Waals surface area contributed by atoms with Crippen LogP contribution in [0.25, 0.3) is 0 Å². The lowest BCUT2D eigenvalue weighted by molar-refractivity contribution is 0.0920. The van der Waals surface area contributed by atoms with Crippen LogP contribution in [0.4, 0.5) is 5.82 Å². The zero-order valence-corrected chi connectivity index (χ0v) is 14.3. The molecule has 2 fully saturated rings. The summed E-state index contributed by atoms with van der Waals surface area (Å²) in [5.41, 5.74) is 2.46. The molecule has 2 aromatic rings. The lowest BCUT2D eigenvalue weighted by Gasteiger charge is -2.40. The van der Waals surface area contributed by atoms with E-state index in [9.17, 15) is 4.79 Å². The summed E-state index contributed by atoms with van der Waals surface area (Å²) in [5, 5.41) is 7.28. The number of nitrogens with one attached hydrogen (secondary N) is 1. The predicted molar refractivity (Wildman–Crippen MR) is 90.2 cm³/mol. The van der Waals surface area contributed by atoms with Gasteiger partial charge in [-0.2, -0.15) is 5.10 Å². The van der Waals surface area contributed by atoms with Crippen molar-refractivity contribution in [1.29, 1.82) is 0 Å². The molecule has 1 saturated carbocycles. The van der Waals surface area contributed by atoms with Crippen LogP contribution in [0, 0.1) is 13.8 Å². The molecule has 24 heavy (non-hydrogen) atoms. The second kappa shape index (κ2) is 5.58. The van der Waals surface area contributed by atoms with Gasteiger partial charge in [0.15, 0.2) is 0 Å². The zero-order chi connectivity index (χ0) is 16.8. The summed E-state index contributed by atoms with van der Waals surface area (Å²) < 4.78 is 1.62. The molecule has 1 N–H and O–H groups in total. The van der Waals surface area contributed by atoms with Crippen molar-refractivity contribution in [2.24, 2.45) is 7.05 Å². The molecule has 2 aromatic heterocycles. The highest BCUT2D eigenvalue weighted by atomic mass is 16.2. The minimum absolute atomic E-state index is 0.0692. The van der Waals surface area contributed by atoms with Gasteiger partial charge in [-0.05, 0) is 32.8 Å². The van der Waals surface area contributed by atoms with E-state index in [0.29, 0.717) is 11.6 Å². The first-order valence-electron chi connectivity index (χ1n) is 8.41. The zero-order valence-electron chi connectivity index (χ0n) is 14.3. The van der Waals surface area contributed by atoms with E-state index in [0.717, 1.165) is 36.1 Å². The van der Waals surface area contributed by atoms with Gasteiger partial charge in [-0.3, -0.25) is 9.48 Å². The van der Waals surface area contributed by atoms with Crippen LogP contribution in [0.2, 0.25) is 0 Å². The summed E-state index contributed by atoms with van der Waals surface area (Å²) in [6.07, 6.45) is 2.40. The Balaban J connectivity index is 1.38. The molecule has 0 unspecified atom stereocenters. The first-order valence-corrected chi connectivity index (χ1v) is 8.41. The van der Waals surface area contributed by atoms with Crippen molar-refractivity contribution < 1.29 is 4.79 Å². The number of anilines is 1. The van der Waals surface area contributed by atoms with E-state index in [-0.39, 0.29) is 11.9 Å². The number of hydrogen-bond acceptors (Lipinski definition) is 5. The molecule has 1 aliphatic heterocycles. The molecule has 0 bridgehead atoms. The Hall–Kier alpha value is -2.44. The largest absolute Gasteiger partial charge is 0.352 e. The SMILES string of the molecule is Cc1cc(N2CC(NC(=O)c3cc(C)nn3C)C2)nc(C2CC2)n1. The van der Waals surface area contributed by atoms with Crippen LogP contribution in [-0.2, 0) is 7.05 Å². The minimum atomic E-state index is -0.0692. The summed E-state index contributed by atoms with van der Waals surface area (Å²) in [6.45, 7) is 5.46. The average molecular weight is 326 g/mol. The number of aryl methyl sites for hydroxylation is 3. The quantitative estimate of drug-likeness (QED) is 0.917. The van der Waals surface area contributed by atoms with Crippen molar-refractivity contribution in [3.8, 4) is 0 Å². The van der Waals surface area contributed by atoms with Crippen molar-refractivity contribution in [2.75, 3.05) is 18.0 Å². The maximum Gasteiger partial charge on any atom is 0.269 e. The monoisotopic (exact) mass is 326 g/mol. The number of rotatable bonds is 4. The van der Waals surface area contributed by atoms with Gasteiger partial charge in [0.05, 0.1) is 11.7 Å². The third kappa shape index (κ3) is 2.86. The molecule has 126 valence electrons. The normalized spacial score (nSPS) is 17.7. The molecule has 0 spiro atoms. The van der Waals surface area contributed by atoms with Crippen LogP contribution in [0.15, 0.2) is 12.1 Å². The van der Waals surface area contributed by atoms with Gasteiger partial charge in [0.1, 0.15) is 17.3 Å². The molecule has 4 rings (SSSR count). The van der Waals surface area contributed by atoms with E-state index in [2.05, 4.69) is 20.3 Å². The summed E-state index contributed by atoms with van der Waals surface area (Å²) in [6, 6.07) is 3.97. The Morgan fingerprint density at radius 2 is 1.92 bits per heavy atom. The first kappa shape index (κ1) is 15.1. The smallest absolute Gasteiger partial charge is 0.269 e. The van der Waals surface area contributed by atoms with Gasteiger partial charge < -0.3 is 10.2 Å². The maximum atomic E-state index is 12.3. The van der Waals surface area contributed by atoms with Gasteiger partial charge >= 0.3 is 0 Å². The fourth-order valence-electron chi connectivity index (χ4n) is 3.10. The number of aromatic nitrogens is 4. The molecule has 3 heterocycles. The molecule has 0 radical (unpaired) electrons. The molecule has 2 aliphatic rings. The Morgan fingerprint density at radius 3 is 2.54 bits per heavy atom. The van der Waals surface area contributed by atoms with Gasteiger partial charge in [-0.25, -0.2) is 9.97 Å². The highest BCUT2D eigenvalue weighted by molar-refractivity contribution is 5.93. The number of amides is 1. The van der Waals surface area contributed by atoms with Gasteiger partial charge in [0, 0.05) is 37.8 Å². The van der Waals surface area contributed by atoms with E-state index in [1.165, 1.54) is 12.8 Å². The van der Waals surface area contributed by atoms with E-state index in [1.54, 1.807) is 11.7 Å². The van der Waals surface area contributed by atoms with Crippen LogP contribution in [-0.4, -0.2) is 44.8 Å². The van der Waals surface area contributed by atoms with Crippen molar-refractivity contribution in [3.05, 3.63) is 35.0 Å². The third-order valence-electron chi connectivity index (χ3n) is 4.58. The summed E-state index contributed by atoms with van der Waals surface area (Å²) in [5.74, 6) is 2.43. The van der Waals surface area contributed by atoms with Crippen LogP contribution >= 0.6 is 0 Å². The van der Waals surface area contributed by atoms with E-state index >= 15 is 0 Å². The highest BCUT2D eigenvalue weighted by Gasteiger charge is 2.32. The van der Waals surface area contributed by atoms with Crippen molar-refractivity contribution in [3.63, 3.8) is 0 Å². The topological polar surface area (TPSA) is 75.9 Å². The fraction of sp³-hybridized carbons (Fsp3) is 0.529. The van der Waals surface area contributed by atoms with Crippen LogP contribution in [0.3, 0.4) is 0 Å². The molecule has 0 aromatic carbocycles. The predicted octanol–water partition coefficient (Wildman–Crippen LogP) is 1.32. The number of carbonyl (C=O) groups excluding carboxylic acids is 1. The molecule has 1 amide bonds. The van der Waals surface area contributed by atoms with Gasteiger partial charge in [-0.15, -0.1) is 0 Å². The fourth-order valence-corrected chi connectivity index (χ4v) is 3.10. The van der Waals surface area contributed by atoms with E-state index < -0.39 is 0 Å². The van der Waals surface area contributed by atoms with Gasteiger partial charge in [-0.1, -0.05) is 0 Å². The number of carbonyl (C=O) groups is 1. The molecule has 7 nitrogen and oxygen atoms in total. The number of nitrogens with zero attached hydrogens (tertiary/aromatic N) is 5. The van der Waals surface area contributed by atoms with Crippen LogP contribution < -0.4 is 10.2 Å². The van der Waals surface area contributed by atoms with E-state index in [1.807, 2.05) is 26.0 Å². The second-order valence-electron chi connectivity index (χ2n) is 6.87. The molecule has 1 aliphatic carbocycles. The summed E-state index contributed by atoms with van der Waals surface area (Å²) in [7, 11) is 1.79. The standard InChI is InChI=1S/C17H22N6O/c1-10-7-15(20-16(18-10)12-4-5-12)23-8-13(9-23)19-17(24)14-6-11(2)21-22(14)3/h6-7,12-13H,4-5,8-9H2,1-3H3,(H,19,24). The molecular weight excluding hydrogens is 304 g/mol. The maximum absolute atomic E-state index is 12.3. The second-order valence-corrected chi connectivity index (χ2v) is 6.87. The van der Waals surface area contributed by atoms with Crippen LogP contribution in [0.1, 0.15) is 46.5 Å². The molecule has 7 heteroatoms. The Morgan fingerprint density at radius 1 is 1.17 bits per heavy atom. The third-order valence-corrected chi connectivity index (χ3v) is 4.58. The van der Waals surface area contributed by atoms with Gasteiger partial charge in [0.2, 0.25) is 0 Å². The summed E-state index contributed by atoms with van der Waals surface area (Å²) >= 11 is 0. The Labute approximate surface area is 141 Å². The highest BCUT2D eigenvalue weighted by Crippen LogP contribution is 2.38. The molecule has 0 atom stereocenters. The van der Waals surface area contributed by atoms with Crippen molar-refractivity contribution in [1.82, 2.24) is 25.1 Å². The van der Waals surface area contributed by atoms with Gasteiger partial charge in [0.25, 0.3) is 5.91 Å². The molecule has 1 saturated heterocycles. The lowest BCUT2D eigenvalue weighted by atomic mass is 10.1. The minimum Gasteiger partial charge on any atom is -0.352 e. The molecular formula is C17H22N6O. The Bertz CT molecular complexity index is 788.